The van der Waals surface area contributed by atoms with E-state index in [4.69, 9.17) is 0 Å². The van der Waals surface area contributed by atoms with Gasteiger partial charge in [-0.15, -0.1) is 0 Å². The van der Waals surface area contributed by atoms with Crippen molar-refractivity contribution >= 4 is 11.6 Å². The lowest BCUT2D eigenvalue weighted by molar-refractivity contribution is -0.487. The van der Waals surface area contributed by atoms with Crippen LogP contribution in [-0.2, 0) is 15.6 Å². The lowest BCUT2D eigenvalue weighted by Crippen LogP contribution is -2.43. The second-order valence-electron chi connectivity index (χ2n) is 7.26. The van der Waals surface area contributed by atoms with Gasteiger partial charge in [0, 0.05) is 17.2 Å². The Kier molecular flexibility index (Phi) is 4.02. The van der Waals surface area contributed by atoms with Crippen LogP contribution in [0.1, 0.15) is 52.2 Å². The van der Waals surface area contributed by atoms with Gasteiger partial charge in [0.2, 0.25) is 12.5 Å². The average Bonchev–Trinajstić information content (AvgIpc) is 2.59. The Morgan fingerprint density at radius 1 is 1.32 bits per heavy atom. The van der Waals surface area contributed by atoms with Crippen molar-refractivity contribution in [1.29, 1.82) is 0 Å². The van der Waals surface area contributed by atoms with Crippen LogP contribution in [0, 0.1) is 10.1 Å². The summed E-state index contributed by atoms with van der Waals surface area (Å²) in [7, 11) is 0. The fourth-order valence-electron chi connectivity index (χ4n) is 3.06. The van der Waals surface area contributed by atoms with Crippen molar-refractivity contribution < 1.29 is 9.72 Å². The topological polar surface area (TPSA) is 63.5 Å². The van der Waals surface area contributed by atoms with E-state index in [2.05, 4.69) is 20.8 Å². The van der Waals surface area contributed by atoms with Crippen LogP contribution in [0.2, 0.25) is 0 Å². The number of carbonyl (C=O) groups excluding carboxylic acids is 1. The average molecular weight is 304 g/mol. The third-order valence-electron chi connectivity index (χ3n) is 4.36. The van der Waals surface area contributed by atoms with Gasteiger partial charge in [0.1, 0.15) is 5.41 Å². The molecule has 1 amide bonds. The van der Waals surface area contributed by atoms with Crippen molar-refractivity contribution in [3.8, 4) is 0 Å². The van der Waals surface area contributed by atoms with Crippen LogP contribution in [0.25, 0.3) is 0 Å². The molecule has 1 aliphatic heterocycles. The molecule has 0 radical (unpaired) electrons. The van der Waals surface area contributed by atoms with Gasteiger partial charge in [-0.2, -0.15) is 0 Å². The number of rotatable bonds is 4. The zero-order valence-corrected chi connectivity index (χ0v) is 14.0. The van der Waals surface area contributed by atoms with Gasteiger partial charge in [0.25, 0.3) is 0 Å². The van der Waals surface area contributed by atoms with Crippen LogP contribution in [-0.4, -0.2) is 23.9 Å². The van der Waals surface area contributed by atoms with Gasteiger partial charge < -0.3 is 4.90 Å². The summed E-state index contributed by atoms with van der Waals surface area (Å²) in [5.41, 5.74) is 1.56. The van der Waals surface area contributed by atoms with Crippen molar-refractivity contribution in [3.63, 3.8) is 0 Å². The van der Waals surface area contributed by atoms with Crippen molar-refractivity contribution in [3.05, 3.63) is 39.4 Å². The van der Waals surface area contributed by atoms with E-state index in [-0.39, 0.29) is 22.8 Å². The summed E-state index contributed by atoms with van der Waals surface area (Å²) < 4.78 is 0. The van der Waals surface area contributed by atoms with E-state index >= 15 is 0 Å². The number of hydrogen-bond acceptors (Lipinski definition) is 3. The molecule has 5 nitrogen and oxygen atoms in total. The fraction of sp³-hybridized carbons (Fsp3) is 0.588. The van der Waals surface area contributed by atoms with Crippen LogP contribution >= 0.6 is 0 Å². The molecule has 0 N–H and O–H groups in total. The molecule has 0 saturated heterocycles. The highest BCUT2D eigenvalue weighted by Crippen LogP contribution is 2.43. The molecule has 5 heteroatoms. The molecule has 1 aromatic rings. The Labute approximate surface area is 131 Å². The Hall–Kier alpha value is -1.91. The maximum absolute atomic E-state index is 12.8. The quantitative estimate of drug-likeness (QED) is 0.633. The molecule has 0 aliphatic carbocycles. The standard InChI is InChI=1S/C17H24N2O3/c1-6-9-18-14-8-7-12(16(2,3)4)10-13(14)17(5,15(18)20)11-19(21)22/h7-8,10H,6,9,11H2,1-5H3. The maximum Gasteiger partial charge on any atom is 0.244 e. The van der Waals surface area contributed by atoms with Crippen molar-refractivity contribution in [1.82, 2.24) is 0 Å². The molecular formula is C17H24N2O3. The number of nitrogens with zero attached hydrogens (tertiary/aromatic N) is 2. The highest BCUT2D eigenvalue weighted by Gasteiger charge is 2.51. The summed E-state index contributed by atoms with van der Waals surface area (Å²) >= 11 is 0. The first-order chi connectivity index (χ1) is 10.1. The number of carbonyl (C=O) groups is 1. The predicted molar refractivity (Wildman–Crippen MR) is 87.0 cm³/mol. The highest BCUT2D eigenvalue weighted by molar-refractivity contribution is 6.08. The van der Waals surface area contributed by atoms with Crippen molar-refractivity contribution in [2.24, 2.45) is 0 Å². The molecular weight excluding hydrogens is 280 g/mol. The van der Waals surface area contributed by atoms with Crippen LogP contribution in [0.5, 0.6) is 0 Å². The Bertz CT molecular complexity index is 619. The Morgan fingerprint density at radius 2 is 1.95 bits per heavy atom. The number of hydrogen-bond donors (Lipinski definition) is 0. The molecule has 1 aliphatic rings. The highest BCUT2D eigenvalue weighted by atomic mass is 16.6. The van der Waals surface area contributed by atoms with Crippen LogP contribution < -0.4 is 4.90 Å². The number of fused-ring (bicyclic) bond motifs is 1. The van der Waals surface area contributed by atoms with Gasteiger partial charge in [0.15, 0.2) is 0 Å². The molecule has 0 saturated carbocycles. The van der Waals surface area contributed by atoms with E-state index in [1.165, 1.54) is 0 Å². The van der Waals surface area contributed by atoms with E-state index < -0.39 is 5.41 Å². The van der Waals surface area contributed by atoms with Gasteiger partial charge in [-0.25, -0.2) is 0 Å². The third kappa shape index (κ3) is 2.60. The molecule has 22 heavy (non-hydrogen) atoms. The minimum absolute atomic E-state index is 0.0637. The van der Waals surface area contributed by atoms with E-state index in [1.807, 2.05) is 25.1 Å². The minimum Gasteiger partial charge on any atom is -0.311 e. The zero-order chi connectivity index (χ0) is 16.7. The van der Waals surface area contributed by atoms with E-state index in [9.17, 15) is 14.9 Å². The second-order valence-corrected chi connectivity index (χ2v) is 7.26. The first-order valence-electron chi connectivity index (χ1n) is 7.70. The third-order valence-corrected chi connectivity index (χ3v) is 4.36. The molecule has 1 aromatic carbocycles. The molecule has 0 aromatic heterocycles. The molecule has 1 atom stereocenters. The molecule has 0 bridgehead atoms. The Balaban J connectivity index is 2.61. The lowest BCUT2D eigenvalue weighted by atomic mass is 9.79. The number of nitro groups is 1. The minimum atomic E-state index is -1.07. The SMILES string of the molecule is CCCN1C(=O)C(C)(C[N+](=O)[O-])c2cc(C(C)(C)C)ccc21. The summed E-state index contributed by atoms with van der Waals surface area (Å²) in [6.07, 6.45) is 0.820. The first-order valence-corrected chi connectivity index (χ1v) is 7.70. The lowest BCUT2D eigenvalue weighted by Gasteiger charge is -2.22. The largest absolute Gasteiger partial charge is 0.311 e. The van der Waals surface area contributed by atoms with Crippen molar-refractivity contribution in [2.45, 2.75) is 51.9 Å². The smallest absolute Gasteiger partial charge is 0.244 e. The first kappa shape index (κ1) is 16.5. The molecule has 1 unspecified atom stereocenters. The summed E-state index contributed by atoms with van der Waals surface area (Å²) in [6.45, 7) is 10.2. The fourth-order valence-corrected chi connectivity index (χ4v) is 3.06. The van der Waals surface area contributed by atoms with Crippen molar-refractivity contribution in [2.75, 3.05) is 18.0 Å². The van der Waals surface area contributed by atoms with E-state index in [0.29, 0.717) is 6.54 Å². The van der Waals surface area contributed by atoms with Gasteiger partial charge in [0.05, 0.1) is 0 Å². The van der Waals surface area contributed by atoms with Crippen LogP contribution in [0.15, 0.2) is 18.2 Å². The molecule has 120 valence electrons. The van der Waals surface area contributed by atoms with Gasteiger partial charge in [-0.3, -0.25) is 14.9 Å². The summed E-state index contributed by atoms with van der Waals surface area (Å²) in [4.78, 5) is 25.2. The Morgan fingerprint density at radius 3 is 2.45 bits per heavy atom. The van der Waals surface area contributed by atoms with Gasteiger partial charge in [-0.05, 0) is 36.0 Å². The summed E-state index contributed by atoms with van der Waals surface area (Å²) in [6, 6.07) is 5.94. The van der Waals surface area contributed by atoms with Gasteiger partial charge in [-0.1, -0.05) is 39.8 Å². The normalized spacial score (nSPS) is 21.1. The number of anilines is 1. The summed E-state index contributed by atoms with van der Waals surface area (Å²) in [5.74, 6) is -0.160. The summed E-state index contributed by atoms with van der Waals surface area (Å²) in [5, 5.41) is 11.1. The predicted octanol–water partition coefficient (Wildman–Crippen LogP) is 3.28. The van der Waals surface area contributed by atoms with Crippen LogP contribution in [0.3, 0.4) is 0 Å². The zero-order valence-electron chi connectivity index (χ0n) is 14.0. The number of amides is 1. The maximum atomic E-state index is 12.8. The van der Waals surface area contributed by atoms with E-state index in [1.54, 1.807) is 11.8 Å². The van der Waals surface area contributed by atoms with Gasteiger partial charge >= 0.3 is 0 Å². The molecule has 2 rings (SSSR count). The monoisotopic (exact) mass is 304 g/mol. The molecule has 0 fully saturated rings. The molecule has 1 heterocycles. The molecule has 0 spiro atoms. The second kappa shape index (κ2) is 5.38. The van der Waals surface area contributed by atoms with Crippen LogP contribution in [0.4, 0.5) is 5.69 Å². The van der Waals surface area contributed by atoms with E-state index in [0.717, 1.165) is 23.2 Å². The number of benzene rings is 1.